The molecule has 0 atom stereocenters. The highest BCUT2D eigenvalue weighted by atomic mass is 79.9. The van der Waals surface area contributed by atoms with Crippen LogP contribution in [0.4, 0.5) is 14.5 Å². The summed E-state index contributed by atoms with van der Waals surface area (Å²) in [7, 11) is 0. The minimum absolute atomic E-state index is 0.236. The molecular weight excluding hydrogens is 360 g/mol. The van der Waals surface area contributed by atoms with Gasteiger partial charge in [0.25, 0.3) is 0 Å². The SMILES string of the molecule is O=C(CSCc1ccccc1Br)Nc1ccc(F)c(F)c1. The summed E-state index contributed by atoms with van der Waals surface area (Å²) in [5, 5.41) is 2.53. The van der Waals surface area contributed by atoms with Gasteiger partial charge >= 0.3 is 0 Å². The highest BCUT2D eigenvalue weighted by Crippen LogP contribution is 2.21. The van der Waals surface area contributed by atoms with Gasteiger partial charge in [-0.05, 0) is 23.8 Å². The number of carbonyl (C=O) groups is 1. The maximum atomic E-state index is 13.0. The third-order valence-electron chi connectivity index (χ3n) is 2.65. The van der Waals surface area contributed by atoms with Crippen LogP contribution < -0.4 is 5.32 Å². The van der Waals surface area contributed by atoms with Crippen molar-refractivity contribution in [3.05, 3.63) is 64.1 Å². The van der Waals surface area contributed by atoms with Crippen LogP contribution >= 0.6 is 27.7 Å². The minimum atomic E-state index is -0.978. The molecular formula is C15H12BrF2NOS. The molecule has 110 valence electrons. The average molecular weight is 372 g/mol. The van der Waals surface area contributed by atoms with Crippen LogP contribution in [0.3, 0.4) is 0 Å². The van der Waals surface area contributed by atoms with Crippen molar-refractivity contribution in [2.45, 2.75) is 5.75 Å². The molecule has 0 aliphatic rings. The summed E-state index contributed by atoms with van der Waals surface area (Å²) in [6.45, 7) is 0. The smallest absolute Gasteiger partial charge is 0.234 e. The molecule has 0 fully saturated rings. The Morgan fingerprint density at radius 2 is 1.90 bits per heavy atom. The lowest BCUT2D eigenvalue weighted by Crippen LogP contribution is -2.14. The summed E-state index contributed by atoms with van der Waals surface area (Å²) in [5.41, 5.74) is 1.35. The molecule has 0 aliphatic carbocycles. The molecule has 2 aromatic carbocycles. The monoisotopic (exact) mass is 371 g/mol. The van der Waals surface area contributed by atoms with Crippen LogP contribution in [0.2, 0.25) is 0 Å². The molecule has 0 spiro atoms. The minimum Gasteiger partial charge on any atom is -0.325 e. The Labute approximate surface area is 134 Å². The molecule has 0 radical (unpaired) electrons. The molecule has 0 saturated heterocycles. The Hall–Kier alpha value is -1.40. The Morgan fingerprint density at radius 3 is 2.62 bits per heavy atom. The molecule has 1 amide bonds. The van der Waals surface area contributed by atoms with Gasteiger partial charge in [-0.25, -0.2) is 8.78 Å². The molecule has 0 unspecified atom stereocenters. The number of anilines is 1. The van der Waals surface area contributed by atoms with Gasteiger partial charge in [0.1, 0.15) is 0 Å². The van der Waals surface area contributed by atoms with Crippen molar-refractivity contribution in [2.75, 3.05) is 11.1 Å². The number of thioether (sulfide) groups is 1. The van der Waals surface area contributed by atoms with E-state index in [-0.39, 0.29) is 17.3 Å². The number of carbonyl (C=O) groups excluding carboxylic acids is 1. The standard InChI is InChI=1S/C15H12BrF2NOS/c16-12-4-2-1-3-10(12)8-21-9-15(20)19-11-5-6-13(17)14(18)7-11/h1-7H,8-9H2,(H,19,20). The summed E-state index contributed by atoms with van der Waals surface area (Å²) >= 11 is 4.89. The molecule has 0 aromatic heterocycles. The van der Waals surface area contributed by atoms with Crippen LogP contribution in [0.25, 0.3) is 0 Å². The molecule has 0 bridgehead atoms. The number of amides is 1. The van der Waals surface area contributed by atoms with Crippen LogP contribution in [0.5, 0.6) is 0 Å². The number of rotatable bonds is 5. The highest BCUT2D eigenvalue weighted by molar-refractivity contribution is 9.10. The third kappa shape index (κ3) is 4.82. The van der Waals surface area contributed by atoms with Crippen LogP contribution in [0.1, 0.15) is 5.56 Å². The van der Waals surface area contributed by atoms with Gasteiger partial charge in [0.05, 0.1) is 5.75 Å². The fraction of sp³-hybridized carbons (Fsp3) is 0.133. The van der Waals surface area contributed by atoms with Gasteiger partial charge in [-0.1, -0.05) is 34.1 Å². The lowest BCUT2D eigenvalue weighted by molar-refractivity contribution is -0.113. The van der Waals surface area contributed by atoms with Gasteiger partial charge in [-0.2, -0.15) is 0 Å². The Bertz CT molecular complexity index is 651. The van der Waals surface area contributed by atoms with Gasteiger partial charge in [0.15, 0.2) is 11.6 Å². The Kier molecular flexibility index (Phi) is 5.76. The van der Waals surface area contributed by atoms with E-state index in [1.807, 2.05) is 24.3 Å². The van der Waals surface area contributed by atoms with E-state index in [0.717, 1.165) is 22.2 Å². The van der Waals surface area contributed by atoms with Gasteiger partial charge < -0.3 is 5.32 Å². The van der Waals surface area contributed by atoms with E-state index in [2.05, 4.69) is 21.2 Å². The van der Waals surface area contributed by atoms with Crippen molar-refractivity contribution in [2.24, 2.45) is 0 Å². The van der Waals surface area contributed by atoms with E-state index < -0.39 is 11.6 Å². The molecule has 0 heterocycles. The second-order valence-electron chi connectivity index (χ2n) is 4.26. The fourth-order valence-corrected chi connectivity index (χ4v) is 3.08. The zero-order valence-corrected chi connectivity index (χ0v) is 13.3. The maximum Gasteiger partial charge on any atom is 0.234 e. The lowest BCUT2D eigenvalue weighted by atomic mass is 10.2. The Morgan fingerprint density at radius 1 is 1.14 bits per heavy atom. The van der Waals surface area contributed by atoms with E-state index >= 15 is 0 Å². The van der Waals surface area contributed by atoms with Crippen LogP contribution in [-0.4, -0.2) is 11.7 Å². The molecule has 2 rings (SSSR count). The summed E-state index contributed by atoms with van der Waals surface area (Å²) in [5.74, 6) is -1.24. The fourth-order valence-electron chi connectivity index (χ4n) is 1.64. The number of halogens is 3. The second kappa shape index (κ2) is 7.56. The van der Waals surface area contributed by atoms with Crippen molar-refractivity contribution < 1.29 is 13.6 Å². The number of hydrogen-bond acceptors (Lipinski definition) is 2. The van der Waals surface area contributed by atoms with Gasteiger partial charge in [-0.3, -0.25) is 4.79 Å². The first-order valence-corrected chi connectivity index (χ1v) is 8.07. The van der Waals surface area contributed by atoms with Gasteiger partial charge in [0, 0.05) is 22.0 Å². The molecule has 21 heavy (non-hydrogen) atoms. The first-order valence-electron chi connectivity index (χ1n) is 6.12. The predicted octanol–water partition coefficient (Wildman–Crippen LogP) is 4.60. The predicted molar refractivity (Wildman–Crippen MR) is 85.3 cm³/mol. The van der Waals surface area contributed by atoms with Crippen molar-refractivity contribution in [1.29, 1.82) is 0 Å². The van der Waals surface area contributed by atoms with Crippen molar-refractivity contribution in [3.63, 3.8) is 0 Å². The van der Waals surface area contributed by atoms with Crippen LogP contribution in [0.15, 0.2) is 46.9 Å². The first-order chi connectivity index (χ1) is 10.1. The summed E-state index contributed by atoms with van der Waals surface area (Å²) in [6.07, 6.45) is 0. The quantitative estimate of drug-likeness (QED) is 0.831. The zero-order valence-electron chi connectivity index (χ0n) is 10.9. The van der Waals surface area contributed by atoms with E-state index in [9.17, 15) is 13.6 Å². The van der Waals surface area contributed by atoms with E-state index in [1.54, 1.807) is 0 Å². The van der Waals surface area contributed by atoms with E-state index in [1.165, 1.54) is 17.8 Å². The Balaban J connectivity index is 1.82. The topological polar surface area (TPSA) is 29.1 Å². The molecule has 2 nitrogen and oxygen atoms in total. The summed E-state index contributed by atoms with van der Waals surface area (Å²) in [4.78, 5) is 11.7. The van der Waals surface area contributed by atoms with E-state index in [4.69, 9.17) is 0 Å². The van der Waals surface area contributed by atoms with Crippen molar-refractivity contribution in [3.8, 4) is 0 Å². The lowest BCUT2D eigenvalue weighted by Gasteiger charge is -2.06. The molecule has 0 saturated carbocycles. The van der Waals surface area contributed by atoms with E-state index in [0.29, 0.717) is 5.75 Å². The normalized spacial score (nSPS) is 10.4. The number of hydrogen-bond donors (Lipinski definition) is 1. The van der Waals surface area contributed by atoms with Gasteiger partial charge in [0.2, 0.25) is 5.91 Å². The summed E-state index contributed by atoms with van der Waals surface area (Å²) in [6, 6.07) is 11.1. The second-order valence-corrected chi connectivity index (χ2v) is 6.10. The summed E-state index contributed by atoms with van der Waals surface area (Å²) < 4.78 is 26.8. The first kappa shape index (κ1) is 16.0. The van der Waals surface area contributed by atoms with Crippen molar-refractivity contribution in [1.82, 2.24) is 0 Å². The average Bonchev–Trinajstić information content (AvgIpc) is 2.45. The largest absolute Gasteiger partial charge is 0.325 e. The maximum absolute atomic E-state index is 13.0. The molecule has 0 aliphatic heterocycles. The van der Waals surface area contributed by atoms with Gasteiger partial charge in [-0.15, -0.1) is 11.8 Å². The molecule has 1 N–H and O–H groups in total. The molecule has 2 aromatic rings. The van der Waals surface area contributed by atoms with Crippen LogP contribution in [-0.2, 0) is 10.5 Å². The van der Waals surface area contributed by atoms with Crippen LogP contribution in [0, 0.1) is 11.6 Å². The number of benzene rings is 2. The zero-order chi connectivity index (χ0) is 15.2. The molecule has 6 heteroatoms. The number of nitrogens with one attached hydrogen (secondary N) is 1. The highest BCUT2D eigenvalue weighted by Gasteiger charge is 2.07. The third-order valence-corrected chi connectivity index (χ3v) is 4.41. The van der Waals surface area contributed by atoms with Crippen molar-refractivity contribution >= 4 is 39.3 Å².